The van der Waals surface area contributed by atoms with Crippen LogP contribution in [0, 0.1) is 17.2 Å². The Morgan fingerprint density at radius 3 is 2.67 bits per heavy atom. The van der Waals surface area contributed by atoms with Crippen molar-refractivity contribution in [3.63, 3.8) is 0 Å². The summed E-state index contributed by atoms with van der Waals surface area (Å²) in [6.07, 6.45) is 3.58. The van der Waals surface area contributed by atoms with Crippen molar-refractivity contribution < 1.29 is 4.39 Å². The van der Waals surface area contributed by atoms with E-state index in [1.165, 1.54) is 18.9 Å². The number of anilines is 1. The van der Waals surface area contributed by atoms with E-state index in [4.69, 9.17) is 11.6 Å². The highest BCUT2D eigenvalue weighted by Crippen LogP contribution is 2.39. The molecule has 2 atom stereocenters. The van der Waals surface area contributed by atoms with Crippen molar-refractivity contribution in [3.05, 3.63) is 29.0 Å². The summed E-state index contributed by atoms with van der Waals surface area (Å²) in [7, 11) is 0. The lowest BCUT2D eigenvalue weighted by Gasteiger charge is -2.39. The SMILES string of the molecule is CC1CC(Nc2ccc(F)c(Cl)c2)CC(C)(C)C1. The molecule has 100 valence electrons. The Balaban J connectivity index is 2.06. The molecule has 0 spiro atoms. The average molecular weight is 270 g/mol. The van der Waals surface area contributed by atoms with E-state index in [9.17, 15) is 4.39 Å². The molecule has 3 heteroatoms. The zero-order chi connectivity index (χ0) is 13.3. The van der Waals surface area contributed by atoms with Crippen molar-refractivity contribution in [2.45, 2.75) is 46.1 Å². The molecule has 1 aromatic rings. The maximum atomic E-state index is 13.1. The second kappa shape index (κ2) is 5.08. The predicted octanol–water partition coefficient (Wildman–Crippen LogP) is 5.11. The third-order valence-electron chi connectivity index (χ3n) is 3.68. The molecule has 1 aliphatic rings. The van der Waals surface area contributed by atoms with E-state index in [-0.39, 0.29) is 10.8 Å². The first-order valence-electron chi connectivity index (χ1n) is 6.57. The van der Waals surface area contributed by atoms with Gasteiger partial charge in [0.25, 0.3) is 0 Å². The summed E-state index contributed by atoms with van der Waals surface area (Å²) in [6, 6.07) is 5.30. The van der Waals surface area contributed by atoms with Gasteiger partial charge in [0.15, 0.2) is 0 Å². The van der Waals surface area contributed by atoms with Gasteiger partial charge in [0.1, 0.15) is 5.82 Å². The number of nitrogens with one attached hydrogen (secondary N) is 1. The van der Waals surface area contributed by atoms with Crippen LogP contribution in [0.25, 0.3) is 0 Å². The predicted molar refractivity (Wildman–Crippen MR) is 75.6 cm³/mol. The molecular formula is C15H21ClFN. The van der Waals surface area contributed by atoms with E-state index < -0.39 is 0 Å². The zero-order valence-electron chi connectivity index (χ0n) is 11.3. The lowest BCUT2D eigenvalue weighted by atomic mass is 9.70. The lowest BCUT2D eigenvalue weighted by Crippen LogP contribution is -2.35. The molecule has 0 saturated heterocycles. The highest BCUT2D eigenvalue weighted by Gasteiger charge is 2.31. The molecule has 1 aromatic carbocycles. The minimum Gasteiger partial charge on any atom is -0.382 e. The molecule has 0 heterocycles. The molecule has 0 amide bonds. The maximum Gasteiger partial charge on any atom is 0.141 e. The third kappa shape index (κ3) is 3.38. The van der Waals surface area contributed by atoms with Crippen LogP contribution in [0.15, 0.2) is 18.2 Å². The molecule has 0 bridgehead atoms. The van der Waals surface area contributed by atoms with Gasteiger partial charge in [0, 0.05) is 11.7 Å². The van der Waals surface area contributed by atoms with Crippen molar-refractivity contribution >= 4 is 17.3 Å². The first-order chi connectivity index (χ1) is 8.35. The summed E-state index contributed by atoms with van der Waals surface area (Å²) < 4.78 is 13.1. The number of benzene rings is 1. The van der Waals surface area contributed by atoms with Crippen LogP contribution >= 0.6 is 11.6 Å². The minimum atomic E-state index is -0.362. The molecule has 18 heavy (non-hydrogen) atoms. The molecule has 0 radical (unpaired) electrons. The first kappa shape index (κ1) is 13.7. The smallest absolute Gasteiger partial charge is 0.141 e. The Morgan fingerprint density at radius 1 is 1.33 bits per heavy atom. The molecule has 1 aliphatic carbocycles. The normalized spacial score (nSPS) is 26.9. The van der Waals surface area contributed by atoms with E-state index >= 15 is 0 Å². The van der Waals surface area contributed by atoms with Crippen molar-refractivity contribution in [1.29, 1.82) is 0 Å². The molecule has 2 rings (SSSR count). The van der Waals surface area contributed by atoms with Crippen LogP contribution in [0.4, 0.5) is 10.1 Å². The quantitative estimate of drug-likeness (QED) is 0.787. The van der Waals surface area contributed by atoms with Gasteiger partial charge in [-0.2, -0.15) is 0 Å². The largest absolute Gasteiger partial charge is 0.382 e. The van der Waals surface area contributed by atoms with Gasteiger partial charge < -0.3 is 5.32 Å². The lowest BCUT2D eigenvalue weighted by molar-refractivity contribution is 0.178. The van der Waals surface area contributed by atoms with Gasteiger partial charge in [-0.15, -0.1) is 0 Å². The van der Waals surface area contributed by atoms with Crippen LogP contribution in [0.5, 0.6) is 0 Å². The van der Waals surface area contributed by atoms with Crippen molar-refractivity contribution in [2.75, 3.05) is 5.32 Å². The number of halogens is 2. The zero-order valence-corrected chi connectivity index (χ0v) is 12.0. The van der Waals surface area contributed by atoms with E-state index in [0.29, 0.717) is 11.5 Å². The Kier molecular flexibility index (Phi) is 3.86. The van der Waals surface area contributed by atoms with Crippen LogP contribution in [0.3, 0.4) is 0 Å². The summed E-state index contributed by atoms with van der Waals surface area (Å²) in [5.41, 5.74) is 1.29. The molecular weight excluding hydrogens is 249 g/mol. The molecule has 1 saturated carbocycles. The van der Waals surface area contributed by atoms with Crippen molar-refractivity contribution in [1.82, 2.24) is 0 Å². The van der Waals surface area contributed by atoms with E-state index in [0.717, 1.165) is 18.0 Å². The van der Waals surface area contributed by atoms with Gasteiger partial charge in [-0.1, -0.05) is 32.4 Å². The Bertz CT molecular complexity index is 431. The molecule has 2 unspecified atom stereocenters. The summed E-state index contributed by atoms with van der Waals surface area (Å²) in [6.45, 7) is 6.93. The van der Waals surface area contributed by atoms with Crippen LogP contribution in [0.1, 0.15) is 40.0 Å². The summed E-state index contributed by atoms with van der Waals surface area (Å²) in [5.74, 6) is 0.363. The fourth-order valence-corrected chi connectivity index (χ4v) is 3.46. The van der Waals surface area contributed by atoms with Crippen LogP contribution < -0.4 is 5.32 Å². The van der Waals surface area contributed by atoms with E-state index in [2.05, 4.69) is 26.1 Å². The second-order valence-corrected chi connectivity index (χ2v) is 6.79. The molecule has 0 aromatic heterocycles. The Labute approximate surface area is 114 Å². The van der Waals surface area contributed by atoms with Gasteiger partial charge >= 0.3 is 0 Å². The van der Waals surface area contributed by atoms with Crippen LogP contribution in [-0.2, 0) is 0 Å². The van der Waals surface area contributed by atoms with E-state index in [1.807, 2.05) is 0 Å². The molecule has 0 aliphatic heterocycles. The fourth-order valence-electron chi connectivity index (χ4n) is 3.28. The highest BCUT2D eigenvalue weighted by molar-refractivity contribution is 6.31. The third-order valence-corrected chi connectivity index (χ3v) is 3.97. The van der Waals surface area contributed by atoms with Crippen molar-refractivity contribution in [3.8, 4) is 0 Å². The van der Waals surface area contributed by atoms with Crippen LogP contribution in [0.2, 0.25) is 5.02 Å². The van der Waals surface area contributed by atoms with Gasteiger partial charge in [-0.25, -0.2) is 4.39 Å². The molecule has 1 nitrogen and oxygen atoms in total. The first-order valence-corrected chi connectivity index (χ1v) is 6.95. The average Bonchev–Trinajstić information content (AvgIpc) is 2.20. The topological polar surface area (TPSA) is 12.0 Å². The van der Waals surface area contributed by atoms with E-state index in [1.54, 1.807) is 12.1 Å². The van der Waals surface area contributed by atoms with Crippen molar-refractivity contribution in [2.24, 2.45) is 11.3 Å². The number of hydrogen-bond donors (Lipinski definition) is 1. The Hall–Kier alpha value is -0.760. The fraction of sp³-hybridized carbons (Fsp3) is 0.600. The number of rotatable bonds is 2. The summed E-state index contributed by atoms with van der Waals surface area (Å²) in [4.78, 5) is 0. The van der Waals surface area contributed by atoms with Gasteiger partial charge in [-0.05, 0) is 48.8 Å². The molecule has 1 fully saturated rings. The second-order valence-electron chi connectivity index (χ2n) is 6.38. The molecule has 1 N–H and O–H groups in total. The monoisotopic (exact) mass is 269 g/mol. The maximum absolute atomic E-state index is 13.1. The highest BCUT2D eigenvalue weighted by atomic mass is 35.5. The number of hydrogen-bond acceptors (Lipinski definition) is 1. The van der Waals surface area contributed by atoms with Gasteiger partial charge in [0.2, 0.25) is 0 Å². The minimum absolute atomic E-state index is 0.183. The van der Waals surface area contributed by atoms with Gasteiger partial charge in [0.05, 0.1) is 5.02 Å². The summed E-state index contributed by atoms with van der Waals surface area (Å²) >= 11 is 5.80. The van der Waals surface area contributed by atoms with Gasteiger partial charge in [-0.3, -0.25) is 0 Å². The Morgan fingerprint density at radius 2 is 2.06 bits per heavy atom. The van der Waals surface area contributed by atoms with Crippen LogP contribution in [-0.4, -0.2) is 6.04 Å². The summed E-state index contributed by atoms with van der Waals surface area (Å²) in [5, 5.41) is 3.67. The standard InChI is InChI=1S/C15H21ClFN/c1-10-6-12(9-15(2,3)8-10)18-11-4-5-14(17)13(16)7-11/h4-5,7,10,12,18H,6,8-9H2,1-3H3.